The number of ether oxygens (including phenoxy) is 2. The van der Waals surface area contributed by atoms with Gasteiger partial charge in [-0.05, 0) is 42.3 Å². The lowest BCUT2D eigenvalue weighted by molar-refractivity contribution is 0.284. The summed E-state index contributed by atoms with van der Waals surface area (Å²) in [6.07, 6.45) is 0. The summed E-state index contributed by atoms with van der Waals surface area (Å²) in [5, 5.41) is 4.15. The molecule has 134 valence electrons. The van der Waals surface area contributed by atoms with E-state index in [0.717, 1.165) is 16.8 Å². The molecule has 0 aliphatic rings. The Morgan fingerprint density at radius 2 is 1.69 bits per heavy atom. The average molecular weight is 368 g/mol. The van der Waals surface area contributed by atoms with E-state index in [9.17, 15) is 0 Å². The van der Waals surface area contributed by atoms with Crippen molar-refractivity contribution in [2.24, 2.45) is 0 Å². The highest BCUT2D eigenvalue weighted by atomic mass is 35.5. The van der Waals surface area contributed by atoms with Crippen molar-refractivity contribution in [1.82, 2.24) is 0 Å². The maximum absolute atomic E-state index is 6.18. The molecule has 0 aliphatic heterocycles. The fraction of sp³-hybridized carbons (Fsp3) is 0.182. The molecule has 3 rings (SSSR count). The van der Waals surface area contributed by atoms with Gasteiger partial charge in [-0.2, -0.15) is 0 Å². The Morgan fingerprint density at radius 1 is 0.923 bits per heavy atom. The van der Waals surface area contributed by atoms with Crippen molar-refractivity contribution in [2.45, 2.75) is 20.1 Å². The molecule has 0 atom stereocenters. The van der Waals surface area contributed by atoms with Crippen molar-refractivity contribution >= 4 is 17.3 Å². The van der Waals surface area contributed by atoms with Crippen LogP contribution >= 0.6 is 11.6 Å². The van der Waals surface area contributed by atoms with Crippen LogP contribution in [0.2, 0.25) is 5.02 Å². The van der Waals surface area contributed by atoms with E-state index in [-0.39, 0.29) is 0 Å². The zero-order valence-electron chi connectivity index (χ0n) is 15.0. The summed E-state index contributed by atoms with van der Waals surface area (Å²) in [4.78, 5) is 0. The van der Waals surface area contributed by atoms with E-state index in [4.69, 9.17) is 21.1 Å². The molecule has 3 nitrogen and oxygen atoms in total. The Bertz CT molecular complexity index is 880. The predicted octanol–water partition coefficient (Wildman–Crippen LogP) is 5.85. The van der Waals surface area contributed by atoms with Gasteiger partial charge in [0.2, 0.25) is 0 Å². The van der Waals surface area contributed by atoms with Crippen LogP contribution in [0.25, 0.3) is 0 Å². The molecule has 0 spiro atoms. The molecule has 0 bridgehead atoms. The Morgan fingerprint density at radius 3 is 2.46 bits per heavy atom. The van der Waals surface area contributed by atoms with Gasteiger partial charge < -0.3 is 14.8 Å². The molecule has 0 amide bonds. The standard InChI is InChI=1S/C22H22ClNO2/c1-16-7-3-6-10-20(16)24-14-17-11-12-21(22(13-17)25-2)26-15-18-8-4-5-9-19(18)23/h3-13,24H,14-15H2,1-2H3. The summed E-state index contributed by atoms with van der Waals surface area (Å²) in [5.41, 5.74) is 4.42. The highest BCUT2D eigenvalue weighted by molar-refractivity contribution is 6.31. The molecule has 0 saturated heterocycles. The van der Waals surface area contributed by atoms with Crippen LogP contribution in [0.1, 0.15) is 16.7 Å². The van der Waals surface area contributed by atoms with E-state index < -0.39 is 0 Å². The first-order chi connectivity index (χ1) is 12.7. The Kier molecular flexibility index (Phi) is 6.03. The van der Waals surface area contributed by atoms with Crippen molar-refractivity contribution in [1.29, 1.82) is 0 Å². The van der Waals surface area contributed by atoms with E-state index in [0.29, 0.717) is 29.7 Å². The Balaban J connectivity index is 1.67. The number of rotatable bonds is 7. The molecule has 0 fully saturated rings. The lowest BCUT2D eigenvalue weighted by Crippen LogP contribution is -2.03. The fourth-order valence-corrected chi connectivity index (χ4v) is 2.87. The second-order valence-electron chi connectivity index (χ2n) is 6.03. The number of halogens is 1. The van der Waals surface area contributed by atoms with Gasteiger partial charge in [0, 0.05) is 22.8 Å². The summed E-state index contributed by atoms with van der Waals surface area (Å²) in [6, 6.07) is 21.9. The topological polar surface area (TPSA) is 30.5 Å². The molecule has 3 aromatic carbocycles. The van der Waals surface area contributed by atoms with E-state index >= 15 is 0 Å². The van der Waals surface area contributed by atoms with Crippen LogP contribution in [0.3, 0.4) is 0 Å². The second kappa shape index (κ2) is 8.63. The minimum atomic E-state index is 0.400. The van der Waals surface area contributed by atoms with Gasteiger partial charge in [0.05, 0.1) is 7.11 Å². The quantitative estimate of drug-likeness (QED) is 0.568. The largest absolute Gasteiger partial charge is 0.493 e. The molecule has 0 aliphatic carbocycles. The number of aryl methyl sites for hydroxylation is 1. The number of hydrogen-bond acceptors (Lipinski definition) is 3. The first-order valence-corrected chi connectivity index (χ1v) is 8.88. The molecule has 0 unspecified atom stereocenters. The van der Waals surface area contributed by atoms with Crippen LogP contribution in [-0.2, 0) is 13.2 Å². The zero-order valence-corrected chi connectivity index (χ0v) is 15.7. The van der Waals surface area contributed by atoms with Crippen LogP contribution in [-0.4, -0.2) is 7.11 Å². The van der Waals surface area contributed by atoms with Crippen molar-refractivity contribution < 1.29 is 9.47 Å². The van der Waals surface area contributed by atoms with E-state index in [1.54, 1.807) is 7.11 Å². The van der Waals surface area contributed by atoms with Gasteiger partial charge >= 0.3 is 0 Å². The minimum absolute atomic E-state index is 0.400. The highest BCUT2D eigenvalue weighted by Gasteiger charge is 2.08. The summed E-state index contributed by atoms with van der Waals surface area (Å²) in [5.74, 6) is 1.41. The highest BCUT2D eigenvalue weighted by Crippen LogP contribution is 2.30. The summed E-state index contributed by atoms with van der Waals surface area (Å²) in [6.45, 7) is 3.21. The maximum atomic E-state index is 6.18. The lowest BCUT2D eigenvalue weighted by atomic mass is 10.1. The van der Waals surface area contributed by atoms with E-state index in [2.05, 4.69) is 24.4 Å². The third-order valence-corrected chi connectivity index (χ3v) is 4.57. The molecular formula is C22H22ClNO2. The number of anilines is 1. The zero-order chi connectivity index (χ0) is 18.4. The van der Waals surface area contributed by atoms with Crippen LogP contribution in [0.15, 0.2) is 66.7 Å². The average Bonchev–Trinajstić information content (AvgIpc) is 2.67. The minimum Gasteiger partial charge on any atom is -0.493 e. The summed E-state index contributed by atoms with van der Waals surface area (Å²) < 4.78 is 11.4. The van der Waals surface area contributed by atoms with Gasteiger partial charge in [-0.25, -0.2) is 0 Å². The van der Waals surface area contributed by atoms with Crippen molar-refractivity contribution in [3.05, 3.63) is 88.4 Å². The van der Waals surface area contributed by atoms with Gasteiger partial charge in [-0.1, -0.05) is 54.1 Å². The number of benzene rings is 3. The van der Waals surface area contributed by atoms with Crippen LogP contribution < -0.4 is 14.8 Å². The molecule has 0 radical (unpaired) electrons. The first-order valence-electron chi connectivity index (χ1n) is 8.50. The van der Waals surface area contributed by atoms with Gasteiger partial charge in [-0.3, -0.25) is 0 Å². The summed E-state index contributed by atoms with van der Waals surface area (Å²) >= 11 is 6.18. The molecule has 3 aromatic rings. The van der Waals surface area contributed by atoms with Gasteiger partial charge in [0.1, 0.15) is 6.61 Å². The third kappa shape index (κ3) is 4.50. The number of para-hydroxylation sites is 1. The van der Waals surface area contributed by atoms with Crippen LogP contribution in [0.4, 0.5) is 5.69 Å². The third-order valence-electron chi connectivity index (χ3n) is 4.20. The lowest BCUT2D eigenvalue weighted by Gasteiger charge is -2.14. The molecule has 0 saturated carbocycles. The SMILES string of the molecule is COc1cc(CNc2ccccc2C)ccc1OCc1ccccc1Cl. The van der Waals surface area contributed by atoms with E-state index in [1.807, 2.05) is 54.6 Å². The number of hydrogen-bond donors (Lipinski definition) is 1. The number of methoxy groups -OCH3 is 1. The normalized spacial score (nSPS) is 10.4. The molecule has 26 heavy (non-hydrogen) atoms. The smallest absolute Gasteiger partial charge is 0.161 e. The predicted molar refractivity (Wildman–Crippen MR) is 107 cm³/mol. The van der Waals surface area contributed by atoms with Gasteiger partial charge in [-0.15, -0.1) is 0 Å². The molecule has 4 heteroatoms. The monoisotopic (exact) mass is 367 g/mol. The first kappa shape index (κ1) is 18.2. The molecule has 1 N–H and O–H groups in total. The summed E-state index contributed by atoms with van der Waals surface area (Å²) in [7, 11) is 1.65. The molecular weight excluding hydrogens is 346 g/mol. The van der Waals surface area contributed by atoms with Gasteiger partial charge in [0.15, 0.2) is 11.5 Å². The number of nitrogens with one attached hydrogen (secondary N) is 1. The van der Waals surface area contributed by atoms with E-state index in [1.165, 1.54) is 5.56 Å². The fourth-order valence-electron chi connectivity index (χ4n) is 2.68. The Labute approximate surface area is 159 Å². The molecule has 0 heterocycles. The maximum Gasteiger partial charge on any atom is 0.161 e. The molecule has 0 aromatic heterocycles. The van der Waals surface area contributed by atoms with Crippen molar-refractivity contribution in [3.8, 4) is 11.5 Å². The van der Waals surface area contributed by atoms with Gasteiger partial charge in [0.25, 0.3) is 0 Å². The van der Waals surface area contributed by atoms with Crippen LogP contribution in [0.5, 0.6) is 11.5 Å². The van der Waals surface area contributed by atoms with Crippen molar-refractivity contribution in [3.63, 3.8) is 0 Å². The Hall–Kier alpha value is -2.65. The second-order valence-corrected chi connectivity index (χ2v) is 6.44. The van der Waals surface area contributed by atoms with Crippen molar-refractivity contribution in [2.75, 3.05) is 12.4 Å². The van der Waals surface area contributed by atoms with Crippen LogP contribution in [0, 0.1) is 6.92 Å².